The molecule has 0 bridgehead atoms. The standard InChI is InChI=1S/C18H24N2O2.ClH/c1-5-15(19)10-14-9-11(2)20(13(14)4)17-8-6-7-16(12(17)3)18(21)22;/h6-9,15H,5,10,19H2,1-4H3,(H,21,22);1H. The maximum absolute atomic E-state index is 11.3. The molecule has 1 atom stereocenters. The van der Waals surface area contributed by atoms with Gasteiger partial charge in [-0.2, -0.15) is 0 Å². The molecule has 1 unspecified atom stereocenters. The maximum Gasteiger partial charge on any atom is 0.336 e. The van der Waals surface area contributed by atoms with Gasteiger partial charge in [-0.1, -0.05) is 13.0 Å². The number of rotatable bonds is 5. The van der Waals surface area contributed by atoms with Crippen LogP contribution in [0.2, 0.25) is 0 Å². The number of hydrogen-bond donors (Lipinski definition) is 2. The Morgan fingerprint density at radius 3 is 2.52 bits per heavy atom. The molecule has 0 aliphatic carbocycles. The highest BCUT2D eigenvalue weighted by atomic mass is 35.5. The average molecular weight is 337 g/mol. The highest BCUT2D eigenvalue weighted by Gasteiger charge is 2.16. The van der Waals surface area contributed by atoms with E-state index in [1.165, 1.54) is 5.56 Å². The van der Waals surface area contributed by atoms with Crippen molar-refractivity contribution in [1.82, 2.24) is 4.57 Å². The number of halogens is 1. The Morgan fingerprint density at radius 1 is 1.30 bits per heavy atom. The summed E-state index contributed by atoms with van der Waals surface area (Å²) < 4.78 is 2.12. The van der Waals surface area contributed by atoms with E-state index in [2.05, 4.69) is 24.5 Å². The van der Waals surface area contributed by atoms with E-state index in [-0.39, 0.29) is 18.4 Å². The van der Waals surface area contributed by atoms with Crippen molar-refractivity contribution in [2.24, 2.45) is 5.73 Å². The van der Waals surface area contributed by atoms with Crippen LogP contribution in [0.4, 0.5) is 0 Å². The van der Waals surface area contributed by atoms with Gasteiger partial charge in [0.25, 0.3) is 0 Å². The Balaban J connectivity index is 0.00000264. The summed E-state index contributed by atoms with van der Waals surface area (Å²) in [6.45, 7) is 8.05. The molecule has 0 radical (unpaired) electrons. The minimum Gasteiger partial charge on any atom is -0.478 e. The number of aromatic carboxylic acids is 1. The quantitative estimate of drug-likeness (QED) is 0.872. The highest BCUT2D eigenvalue weighted by Crippen LogP contribution is 2.26. The monoisotopic (exact) mass is 336 g/mol. The van der Waals surface area contributed by atoms with E-state index in [1.807, 2.05) is 19.9 Å². The van der Waals surface area contributed by atoms with Crippen LogP contribution in [0.5, 0.6) is 0 Å². The van der Waals surface area contributed by atoms with Crippen LogP contribution in [0, 0.1) is 20.8 Å². The summed E-state index contributed by atoms with van der Waals surface area (Å²) in [5, 5.41) is 9.31. The van der Waals surface area contributed by atoms with Crippen LogP contribution >= 0.6 is 12.4 Å². The first-order valence-corrected chi connectivity index (χ1v) is 7.63. The summed E-state index contributed by atoms with van der Waals surface area (Å²) in [5.41, 5.74) is 11.6. The Kier molecular flexibility index (Phi) is 6.42. The smallest absolute Gasteiger partial charge is 0.336 e. The molecule has 0 fully saturated rings. The number of nitrogens with two attached hydrogens (primary N) is 1. The third-order valence-electron chi connectivity index (χ3n) is 4.32. The van der Waals surface area contributed by atoms with Crippen molar-refractivity contribution in [2.75, 3.05) is 0 Å². The first-order chi connectivity index (χ1) is 10.4. The van der Waals surface area contributed by atoms with Crippen molar-refractivity contribution in [3.05, 3.63) is 52.3 Å². The lowest BCUT2D eigenvalue weighted by Gasteiger charge is -2.15. The predicted octanol–water partition coefficient (Wildman–Crippen LogP) is 3.80. The first-order valence-electron chi connectivity index (χ1n) is 7.63. The Hall–Kier alpha value is -1.78. The summed E-state index contributed by atoms with van der Waals surface area (Å²) in [6.07, 6.45) is 1.78. The lowest BCUT2D eigenvalue weighted by Crippen LogP contribution is -2.21. The van der Waals surface area contributed by atoms with Gasteiger partial charge in [0.1, 0.15) is 0 Å². The van der Waals surface area contributed by atoms with Gasteiger partial charge in [0.2, 0.25) is 0 Å². The van der Waals surface area contributed by atoms with Crippen LogP contribution in [0.3, 0.4) is 0 Å². The van der Waals surface area contributed by atoms with E-state index in [9.17, 15) is 9.90 Å². The molecule has 0 amide bonds. The Labute approximate surface area is 143 Å². The van der Waals surface area contributed by atoms with Crippen LogP contribution in [-0.2, 0) is 6.42 Å². The van der Waals surface area contributed by atoms with Crippen LogP contribution in [0.15, 0.2) is 24.3 Å². The zero-order chi connectivity index (χ0) is 16.4. The fourth-order valence-electron chi connectivity index (χ4n) is 2.93. The molecular weight excluding hydrogens is 312 g/mol. The minimum atomic E-state index is -0.893. The molecule has 1 aromatic carbocycles. The third-order valence-corrected chi connectivity index (χ3v) is 4.32. The topological polar surface area (TPSA) is 68.2 Å². The molecule has 5 heteroatoms. The van der Waals surface area contributed by atoms with Crippen molar-refractivity contribution in [1.29, 1.82) is 0 Å². The van der Waals surface area contributed by atoms with Crippen LogP contribution < -0.4 is 5.73 Å². The van der Waals surface area contributed by atoms with Gasteiger partial charge < -0.3 is 15.4 Å². The van der Waals surface area contributed by atoms with Crippen molar-refractivity contribution in [3.8, 4) is 5.69 Å². The third kappa shape index (κ3) is 3.77. The fourth-order valence-corrected chi connectivity index (χ4v) is 2.93. The number of carbonyl (C=O) groups is 1. The number of aryl methyl sites for hydroxylation is 1. The second-order valence-corrected chi connectivity index (χ2v) is 5.86. The van der Waals surface area contributed by atoms with E-state index in [4.69, 9.17) is 5.73 Å². The molecule has 3 N–H and O–H groups in total. The van der Waals surface area contributed by atoms with Crippen LogP contribution in [0.1, 0.15) is 46.2 Å². The van der Waals surface area contributed by atoms with Gasteiger partial charge in [-0.15, -0.1) is 12.4 Å². The second kappa shape index (κ2) is 7.66. The van der Waals surface area contributed by atoms with E-state index >= 15 is 0 Å². The fraction of sp³-hybridized carbons (Fsp3) is 0.389. The van der Waals surface area contributed by atoms with E-state index < -0.39 is 5.97 Å². The number of carboxylic acids is 1. The Morgan fingerprint density at radius 2 is 1.96 bits per heavy atom. The SMILES string of the molecule is CCC(N)Cc1cc(C)n(-c2cccc(C(=O)O)c2C)c1C.Cl. The first kappa shape index (κ1) is 19.3. The van der Waals surface area contributed by atoms with Gasteiger partial charge in [0.15, 0.2) is 0 Å². The summed E-state index contributed by atoms with van der Waals surface area (Å²) in [6, 6.07) is 7.70. The number of benzene rings is 1. The molecule has 4 nitrogen and oxygen atoms in total. The average Bonchev–Trinajstić information content (AvgIpc) is 2.73. The zero-order valence-electron chi connectivity index (χ0n) is 14.1. The number of aromatic nitrogens is 1. The number of hydrogen-bond acceptors (Lipinski definition) is 2. The van der Waals surface area contributed by atoms with Gasteiger partial charge >= 0.3 is 5.97 Å². The summed E-state index contributed by atoms with van der Waals surface area (Å²) >= 11 is 0. The zero-order valence-corrected chi connectivity index (χ0v) is 14.9. The normalized spacial score (nSPS) is 11.9. The largest absolute Gasteiger partial charge is 0.478 e. The molecule has 126 valence electrons. The van der Waals surface area contributed by atoms with E-state index in [0.29, 0.717) is 5.56 Å². The van der Waals surface area contributed by atoms with E-state index in [1.54, 1.807) is 12.1 Å². The highest BCUT2D eigenvalue weighted by molar-refractivity contribution is 5.90. The summed E-state index contributed by atoms with van der Waals surface area (Å²) in [7, 11) is 0. The van der Waals surface area contributed by atoms with Crippen LogP contribution in [-0.4, -0.2) is 21.7 Å². The van der Waals surface area contributed by atoms with Crippen molar-refractivity contribution < 1.29 is 9.90 Å². The molecule has 1 aromatic heterocycles. The van der Waals surface area contributed by atoms with Crippen molar-refractivity contribution >= 4 is 18.4 Å². The maximum atomic E-state index is 11.3. The number of carboxylic acid groups (broad SMARTS) is 1. The van der Waals surface area contributed by atoms with Gasteiger partial charge in [-0.3, -0.25) is 0 Å². The van der Waals surface area contributed by atoms with E-state index in [0.717, 1.165) is 35.5 Å². The molecule has 0 aliphatic heterocycles. The Bertz CT molecular complexity index is 707. The van der Waals surface area contributed by atoms with Crippen molar-refractivity contribution in [3.63, 3.8) is 0 Å². The molecule has 0 saturated carbocycles. The number of nitrogens with zero attached hydrogens (tertiary/aromatic N) is 1. The van der Waals surface area contributed by atoms with Gasteiger partial charge in [0.05, 0.1) is 5.56 Å². The molecular formula is C18H25ClN2O2. The summed E-state index contributed by atoms with van der Waals surface area (Å²) in [4.78, 5) is 11.3. The van der Waals surface area contributed by atoms with Gasteiger partial charge in [-0.05, 0) is 62.9 Å². The molecule has 2 aromatic rings. The molecule has 0 spiro atoms. The lowest BCUT2D eigenvalue weighted by atomic mass is 10.0. The minimum absolute atomic E-state index is 0. The summed E-state index contributed by atoms with van der Waals surface area (Å²) in [5.74, 6) is -0.893. The molecule has 2 rings (SSSR count). The molecule has 23 heavy (non-hydrogen) atoms. The molecule has 1 heterocycles. The predicted molar refractivity (Wildman–Crippen MR) is 96.2 cm³/mol. The lowest BCUT2D eigenvalue weighted by molar-refractivity contribution is 0.0696. The van der Waals surface area contributed by atoms with Crippen LogP contribution in [0.25, 0.3) is 5.69 Å². The van der Waals surface area contributed by atoms with Gasteiger partial charge in [-0.25, -0.2) is 4.79 Å². The molecule has 0 saturated heterocycles. The van der Waals surface area contributed by atoms with Crippen molar-refractivity contribution in [2.45, 2.75) is 46.6 Å². The van der Waals surface area contributed by atoms with Gasteiger partial charge in [0, 0.05) is 23.1 Å². The second-order valence-electron chi connectivity index (χ2n) is 5.86. The molecule has 0 aliphatic rings.